The van der Waals surface area contributed by atoms with E-state index in [9.17, 15) is 28.7 Å². The van der Waals surface area contributed by atoms with E-state index in [1.54, 1.807) is 6.07 Å². The zero-order chi connectivity index (χ0) is 29.4. The Morgan fingerprint density at radius 3 is 2.23 bits per heavy atom. The van der Waals surface area contributed by atoms with Gasteiger partial charge in [0.1, 0.15) is 11.6 Å². The van der Waals surface area contributed by atoms with Gasteiger partial charge in [-0.15, -0.1) is 0 Å². The van der Waals surface area contributed by atoms with E-state index in [0.717, 1.165) is 44.8 Å². The zero-order valence-corrected chi connectivity index (χ0v) is 22.9. The van der Waals surface area contributed by atoms with Crippen molar-refractivity contribution >= 4 is 29.4 Å². The van der Waals surface area contributed by atoms with E-state index in [2.05, 4.69) is 9.80 Å². The van der Waals surface area contributed by atoms with Crippen LogP contribution in [0, 0.1) is 17.7 Å². The first-order chi connectivity index (χ1) is 19.0. The minimum atomic E-state index is -1.26. The van der Waals surface area contributed by atoms with E-state index in [4.69, 9.17) is 14.9 Å². The molecule has 4 rings (SSSR count). The van der Waals surface area contributed by atoms with Gasteiger partial charge in [-0.25, -0.2) is 14.0 Å². The SMILES string of the molecule is CC(C)Oc1ccc(F)cc1N1CCN(CCCN2C(=O)C3CCC(O)CC3C2=O)CC1.O=C(O)/C=C\C(=O)O. The van der Waals surface area contributed by atoms with Crippen molar-refractivity contribution in [3.8, 4) is 5.75 Å². The molecule has 0 spiro atoms. The molecular weight excluding hydrogens is 525 g/mol. The van der Waals surface area contributed by atoms with Crippen molar-refractivity contribution in [3.05, 3.63) is 36.2 Å². The lowest BCUT2D eigenvalue weighted by Crippen LogP contribution is -2.47. The van der Waals surface area contributed by atoms with Crippen LogP contribution in [-0.2, 0) is 19.2 Å². The summed E-state index contributed by atoms with van der Waals surface area (Å²) in [5.74, 6) is -2.81. The van der Waals surface area contributed by atoms with Gasteiger partial charge in [0.15, 0.2) is 0 Å². The summed E-state index contributed by atoms with van der Waals surface area (Å²) in [6.07, 6.45) is 3.03. The molecule has 3 unspecified atom stereocenters. The Hall–Kier alpha value is -3.51. The summed E-state index contributed by atoms with van der Waals surface area (Å²) < 4.78 is 19.7. The Kier molecular flexibility index (Phi) is 11.0. The second-order valence-electron chi connectivity index (χ2n) is 10.5. The van der Waals surface area contributed by atoms with Gasteiger partial charge in [-0.1, -0.05) is 0 Å². The maximum absolute atomic E-state index is 13.9. The van der Waals surface area contributed by atoms with Crippen LogP contribution in [0.25, 0.3) is 0 Å². The summed E-state index contributed by atoms with van der Waals surface area (Å²) in [5, 5.41) is 25.5. The summed E-state index contributed by atoms with van der Waals surface area (Å²) in [5.41, 5.74) is 0.788. The number of aliphatic hydroxyl groups excluding tert-OH is 1. The molecule has 2 aliphatic heterocycles. The first-order valence-corrected chi connectivity index (χ1v) is 13.6. The third kappa shape index (κ3) is 8.49. The molecule has 3 aliphatic rings. The average Bonchev–Trinajstić information content (AvgIpc) is 3.13. The van der Waals surface area contributed by atoms with Gasteiger partial charge in [0, 0.05) is 50.9 Å². The monoisotopic (exact) mass is 563 g/mol. The molecule has 1 aliphatic carbocycles. The molecule has 1 aromatic rings. The molecule has 2 amide bonds. The molecule has 0 bridgehead atoms. The van der Waals surface area contributed by atoms with Crippen LogP contribution in [0.15, 0.2) is 30.4 Å². The lowest BCUT2D eigenvalue weighted by Gasteiger charge is -2.37. The molecular formula is C28H38FN3O8. The van der Waals surface area contributed by atoms with Crippen molar-refractivity contribution in [2.24, 2.45) is 11.8 Å². The minimum absolute atomic E-state index is 0.0172. The molecule has 40 heavy (non-hydrogen) atoms. The molecule has 220 valence electrons. The number of benzene rings is 1. The Labute approximate surface area is 232 Å². The van der Waals surface area contributed by atoms with Crippen LogP contribution in [0.1, 0.15) is 39.5 Å². The number of piperazine rings is 1. The number of carboxylic acid groups (broad SMARTS) is 2. The fourth-order valence-electron chi connectivity index (χ4n) is 5.34. The third-order valence-electron chi connectivity index (χ3n) is 7.21. The van der Waals surface area contributed by atoms with Gasteiger partial charge >= 0.3 is 11.9 Å². The number of hydrogen-bond donors (Lipinski definition) is 3. The maximum atomic E-state index is 13.9. The number of hydrogen-bond acceptors (Lipinski definition) is 8. The average molecular weight is 564 g/mol. The van der Waals surface area contributed by atoms with Crippen molar-refractivity contribution in [2.75, 3.05) is 44.2 Å². The first kappa shape index (κ1) is 31.0. The summed E-state index contributed by atoms with van der Waals surface area (Å²) in [6, 6.07) is 4.65. The van der Waals surface area contributed by atoms with E-state index >= 15 is 0 Å². The number of aliphatic carboxylic acids is 2. The number of aliphatic hydroxyl groups is 1. The molecule has 2 saturated heterocycles. The second kappa shape index (κ2) is 14.2. The van der Waals surface area contributed by atoms with Crippen molar-refractivity contribution in [2.45, 2.75) is 51.7 Å². The highest BCUT2D eigenvalue weighted by Crippen LogP contribution is 2.38. The number of anilines is 1. The summed E-state index contributed by atoms with van der Waals surface area (Å²) in [4.78, 5) is 50.3. The fourth-order valence-corrected chi connectivity index (χ4v) is 5.34. The van der Waals surface area contributed by atoms with Crippen molar-refractivity contribution in [1.82, 2.24) is 9.80 Å². The standard InChI is InChI=1S/C24H34FN3O4.C4H4O4/c1-16(2)32-22-7-4-17(25)14-21(22)27-12-10-26(11-13-27)8-3-9-28-23(30)19-6-5-18(29)15-20(19)24(28)31;5-3(6)1-2-4(7)8/h4,7,14,16,18-20,29H,3,5-6,8-13,15H2,1-2H3;1-2H,(H,5,6)(H,7,8)/b;2-1-. The molecule has 0 aromatic heterocycles. The molecule has 1 saturated carbocycles. The third-order valence-corrected chi connectivity index (χ3v) is 7.21. The van der Waals surface area contributed by atoms with Gasteiger partial charge in [-0.2, -0.15) is 0 Å². The van der Waals surface area contributed by atoms with Gasteiger partial charge in [0.05, 0.1) is 29.7 Å². The van der Waals surface area contributed by atoms with E-state index in [-0.39, 0.29) is 35.6 Å². The van der Waals surface area contributed by atoms with Crippen LogP contribution in [0.5, 0.6) is 5.75 Å². The first-order valence-electron chi connectivity index (χ1n) is 13.6. The number of likely N-dealkylation sites (tertiary alicyclic amines) is 1. The van der Waals surface area contributed by atoms with Crippen LogP contribution < -0.4 is 9.64 Å². The van der Waals surface area contributed by atoms with Gasteiger partial charge in [0.2, 0.25) is 11.8 Å². The molecule has 3 atom stereocenters. The number of ether oxygens (including phenoxy) is 1. The lowest BCUT2D eigenvalue weighted by molar-refractivity contribution is -0.140. The fraction of sp³-hybridized carbons (Fsp3) is 0.571. The molecule has 3 fully saturated rings. The maximum Gasteiger partial charge on any atom is 0.328 e. The highest BCUT2D eigenvalue weighted by atomic mass is 19.1. The number of amides is 2. The number of fused-ring (bicyclic) bond motifs is 1. The topological polar surface area (TPSA) is 148 Å². The Bertz CT molecular complexity index is 1090. The molecule has 11 nitrogen and oxygen atoms in total. The summed E-state index contributed by atoms with van der Waals surface area (Å²) in [7, 11) is 0. The van der Waals surface area contributed by atoms with E-state index in [0.29, 0.717) is 43.7 Å². The number of carboxylic acids is 2. The molecule has 2 heterocycles. The molecule has 0 radical (unpaired) electrons. The number of rotatable bonds is 9. The number of imide groups is 1. The second-order valence-corrected chi connectivity index (χ2v) is 10.5. The molecule has 1 aromatic carbocycles. The van der Waals surface area contributed by atoms with Crippen molar-refractivity contribution in [3.63, 3.8) is 0 Å². The number of carbonyl (C=O) groups is 4. The Balaban J connectivity index is 0.000000482. The Morgan fingerprint density at radius 2 is 1.62 bits per heavy atom. The van der Waals surface area contributed by atoms with Crippen LogP contribution in [-0.4, -0.2) is 100 Å². The Morgan fingerprint density at radius 1 is 1.00 bits per heavy atom. The largest absolute Gasteiger partial charge is 0.489 e. The van der Waals surface area contributed by atoms with Crippen LogP contribution in [0.3, 0.4) is 0 Å². The summed E-state index contributed by atoms with van der Waals surface area (Å²) >= 11 is 0. The van der Waals surface area contributed by atoms with Gasteiger partial charge in [-0.05, 0) is 58.2 Å². The van der Waals surface area contributed by atoms with Gasteiger partial charge in [0.25, 0.3) is 0 Å². The lowest BCUT2D eigenvalue weighted by atomic mass is 9.80. The number of halogens is 1. The molecule has 3 N–H and O–H groups in total. The zero-order valence-electron chi connectivity index (χ0n) is 22.9. The van der Waals surface area contributed by atoms with Crippen LogP contribution in [0.2, 0.25) is 0 Å². The van der Waals surface area contributed by atoms with Crippen molar-refractivity contribution < 1.29 is 43.6 Å². The van der Waals surface area contributed by atoms with Gasteiger partial charge in [-0.3, -0.25) is 19.4 Å². The molecule has 12 heteroatoms. The summed E-state index contributed by atoms with van der Waals surface area (Å²) in [6.45, 7) is 8.35. The highest BCUT2D eigenvalue weighted by molar-refractivity contribution is 6.05. The number of carbonyl (C=O) groups excluding carboxylic acids is 2. The quantitative estimate of drug-likeness (QED) is 0.301. The van der Waals surface area contributed by atoms with E-state index in [1.165, 1.54) is 17.0 Å². The van der Waals surface area contributed by atoms with Crippen molar-refractivity contribution in [1.29, 1.82) is 0 Å². The predicted molar refractivity (Wildman–Crippen MR) is 143 cm³/mol. The predicted octanol–water partition coefficient (Wildman–Crippen LogP) is 1.98. The minimum Gasteiger partial charge on any atom is -0.489 e. The highest BCUT2D eigenvalue weighted by Gasteiger charge is 2.49. The van der Waals surface area contributed by atoms with E-state index < -0.39 is 18.0 Å². The van der Waals surface area contributed by atoms with Crippen LogP contribution >= 0.6 is 0 Å². The number of nitrogens with zero attached hydrogens (tertiary/aromatic N) is 3. The van der Waals surface area contributed by atoms with Crippen LogP contribution in [0.4, 0.5) is 10.1 Å². The van der Waals surface area contributed by atoms with Gasteiger partial charge < -0.3 is 25.0 Å². The normalized spacial score (nSPS) is 23.3. The smallest absolute Gasteiger partial charge is 0.328 e. The van der Waals surface area contributed by atoms with E-state index in [1.807, 2.05) is 13.8 Å².